The van der Waals surface area contributed by atoms with Crippen molar-refractivity contribution in [2.24, 2.45) is 10.1 Å². The quantitative estimate of drug-likeness (QED) is 0.423. The van der Waals surface area contributed by atoms with E-state index in [4.69, 9.17) is 19.6 Å². The number of methoxy groups -OCH3 is 2. The number of hydrazone groups is 1. The largest absolute Gasteiger partial charge is 0.497 e. The van der Waals surface area contributed by atoms with Crippen molar-refractivity contribution in [1.29, 1.82) is 0 Å². The zero-order chi connectivity index (χ0) is 21.9. The molecule has 0 fully saturated rings. The molecule has 6 heteroatoms. The van der Waals surface area contributed by atoms with Gasteiger partial charge in [0.25, 0.3) is 0 Å². The SMILES string of the molecule is COc1ccc(-c2ccc(C3=NNC(c4cccs4)=Nc4ccc(OC)cc43)cc2)cc1. The minimum absolute atomic E-state index is 0.733. The lowest BCUT2D eigenvalue weighted by atomic mass is 9.97. The zero-order valence-corrected chi connectivity index (χ0v) is 18.5. The molecule has 0 saturated carbocycles. The van der Waals surface area contributed by atoms with Crippen molar-refractivity contribution >= 4 is 28.6 Å². The van der Waals surface area contributed by atoms with Gasteiger partial charge in [-0.05, 0) is 52.9 Å². The average Bonchev–Trinajstić information content (AvgIpc) is 3.32. The monoisotopic (exact) mass is 439 g/mol. The van der Waals surface area contributed by atoms with E-state index >= 15 is 0 Å². The maximum atomic E-state index is 5.47. The highest BCUT2D eigenvalue weighted by Crippen LogP contribution is 2.31. The lowest BCUT2D eigenvalue weighted by Crippen LogP contribution is -2.18. The number of aliphatic imine (C=N–C) groups is 1. The Kier molecular flexibility index (Phi) is 5.44. The predicted molar refractivity (Wildman–Crippen MR) is 131 cm³/mol. The molecule has 0 unspecified atom stereocenters. The summed E-state index contributed by atoms with van der Waals surface area (Å²) in [4.78, 5) is 5.88. The molecule has 1 aliphatic rings. The van der Waals surface area contributed by atoms with E-state index < -0.39 is 0 Å². The number of thiophene rings is 1. The van der Waals surface area contributed by atoms with Gasteiger partial charge < -0.3 is 9.47 Å². The second-order valence-corrected chi connectivity index (χ2v) is 8.15. The predicted octanol–water partition coefficient (Wildman–Crippen LogP) is 5.87. The molecule has 3 aromatic carbocycles. The van der Waals surface area contributed by atoms with Crippen LogP contribution in [-0.4, -0.2) is 25.8 Å². The van der Waals surface area contributed by atoms with Crippen LogP contribution in [0.3, 0.4) is 0 Å². The van der Waals surface area contributed by atoms with E-state index in [0.717, 1.165) is 55.9 Å². The van der Waals surface area contributed by atoms with Crippen LogP contribution in [0.15, 0.2) is 94.3 Å². The normalized spacial score (nSPS) is 12.7. The minimum Gasteiger partial charge on any atom is -0.497 e. The first-order valence-electron chi connectivity index (χ1n) is 10.1. The summed E-state index contributed by atoms with van der Waals surface area (Å²) in [6.45, 7) is 0. The Bertz CT molecular complexity index is 1290. The Labute approximate surface area is 190 Å². The van der Waals surface area contributed by atoms with Gasteiger partial charge in [-0.1, -0.05) is 42.5 Å². The van der Waals surface area contributed by atoms with Crippen LogP contribution >= 0.6 is 11.3 Å². The van der Waals surface area contributed by atoms with Crippen LogP contribution in [-0.2, 0) is 0 Å². The van der Waals surface area contributed by atoms with Gasteiger partial charge in [0.2, 0.25) is 0 Å². The first-order valence-corrected chi connectivity index (χ1v) is 11.0. The third kappa shape index (κ3) is 3.88. The molecule has 1 aromatic heterocycles. The molecule has 2 heterocycles. The van der Waals surface area contributed by atoms with Crippen molar-refractivity contribution in [2.75, 3.05) is 14.2 Å². The molecule has 1 aliphatic heterocycles. The van der Waals surface area contributed by atoms with Gasteiger partial charge in [0.15, 0.2) is 5.84 Å². The summed E-state index contributed by atoms with van der Waals surface area (Å²) in [5.41, 5.74) is 8.99. The zero-order valence-electron chi connectivity index (χ0n) is 17.7. The van der Waals surface area contributed by atoms with Crippen LogP contribution in [0.4, 0.5) is 5.69 Å². The maximum Gasteiger partial charge on any atom is 0.164 e. The molecule has 0 amide bonds. The number of nitrogens with zero attached hydrogens (tertiary/aromatic N) is 2. The highest BCUT2D eigenvalue weighted by Gasteiger charge is 2.18. The third-order valence-corrected chi connectivity index (χ3v) is 6.18. The molecule has 5 nitrogen and oxygen atoms in total. The van der Waals surface area contributed by atoms with Crippen molar-refractivity contribution < 1.29 is 9.47 Å². The van der Waals surface area contributed by atoms with Crippen molar-refractivity contribution in [3.05, 3.63) is 100 Å². The second-order valence-electron chi connectivity index (χ2n) is 7.20. The van der Waals surface area contributed by atoms with Crippen LogP contribution < -0.4 is 14.9 Å². The Morgan fingerprint density at radius 2 is 1.41 bits per heavy atom. The lowest BCUT2D eigenvalue weighted by Gasteiger charge is -2.11. The lowest BCUT2D eigenvalue weighted by molar-refractivity contribution is 0.414. The number of benzene rings is 3. The standard InChI is InChI=1S/C26H21N3O2S/c1-30-20-11-9-18(10-12-20)17-5-7-19(8-6-17)25-22-16-21(31-2)13-14-23(22)27-26(29-28-25)24-4-3-15-32-24/h3-16H,1-2H3,(H,27,29). The molecular weight excluding hydrogens is 418 g/mol. The Morgan fingerprint density at radius 1 is 0.750 bits per heavy atom. The molecule has 32 heavy (non-hydrogen) atoms. The second kappa shape index (κ2) is 8.69. The Balaban J connectivity index is 1.54. The topological polar surface area (TPSA) is 55.2 Å². The highest BCUT2D eigenvalue weighted by atomic mass is 32.1. The van der Waals surface area contributed by atoms with Crippen molar-refractivity contribution in [3.63, 3.8) is 0 Å². The van der Waals surface area contributed by atoms with Gasteiger partial charge in [0.1, 0.15) is 17.2 Å². The Morgan fingerprint density at radius 3 is 2.06 bits per heavy atom. The summed E-state index contributed by atoms with van der Waals surface area (Å²) in [7, 11) is 3.34. The maximum absolute atomic E-state index is 5.47. The van der Waals surface area contributed by atoms with Crippen LogP contribution in [0.2, 0.25) is 0 Å². The molecule has 0 aliphatic carbocycles. The van der Waals surface area contributed by atoms with Crippen LogP contribution in [0, 0.1) is 0 Å². The molecule has 5 rings (SSSR count). The summed E-state index contributed by atoms with van der Waals surface area (Å²) in [5, 5.41) is 6.77. The first kappa shape index (κ1) is 20.0. The van der Waals surface area contributed by atoms with Crippen molar-refractivity contribution in [2.45, 2.75) is 0 Å². The molecule has 0 atom stereocenters. The fourth-order valence-electron chi connectivity index (χ4n) is 3.59. The van der Waals surface area contributed by atoms with Gasteiger partial charge in [-0.3, -0.25) is 5.43 Å². The first-order chi connectivity index (χ1) is 15.7. The fraction of sp³-hybridized carbons (Fsp3) is 0.0769. The fourth-order valence-corrected chi connectivity index (χ4v) is 4.26. The molecule has 4 aromatic rings. The smallest absolute Gasteiger partial charge is 0.164 e. The number of nitrogens with one attached hydrogen (secondary N) is 1. The van der Waals surface area contributed by atoms with Gasteiger partial charge in [0.05, 0.1) is 24.8 Å². The number of hydrogen-bond acceptors (Lipinski definition) is 6. The van der Waals surface area contributed by atoms with E-state index in [1.165, 1.54) is 0 Å². The summed E-state index contributed by atoms with van der Waals surface area (Å²) >= 11 is 1.62. The molecule has 0 saturated heterocycles. The van der Waals surface area contributed by atoms with Gasteiger partial charge in [-0.25, -0.2) is 4.99 Å². The molecule has 0 spiro atoms. The van der Waals surface area contributed by atoms with Crippen molar-refractivity contribution in [3.8, 4) is 22.6 Å². The van der Waals surface area contributed by atoms with E-state index in [0.29, 0.717) is 0 Å². The number of rotatable bonds is 5. The molecule has 1 N–H and O–H groups in total. The number of amidine groups is 1. The highest BCUT2D eigenvalue weighted by molar-refractivity contribution is 7.12. The van der Waals surface area contributed by atoms with E-state index in [2.05, 4.69) is 41.8 Å². The van der Waals surface area contributed by atoms with Gasteiger partial charge in [0, 0.05) is 11.1 Å². The number of ether oxygens (including phenoxy) is 2. The van der Waals surface area contributed by atoms with Gasteiger partial charge in [-0.15, -0.1) is 11.3 Å². The molecule has 0 radical (unpaired) electrons. The van der Waals surface area contributed by atoms with Crippen LogP contribution in [0.1, 0.15) is 16.0 Å². The van der Waals surface area contributed by atoms with Crippen LogP contribution in [0.5, 0.6) is 11.5 Å². The molecule has 158 valence electrons. The minimum atomic E-state index is 0.733. The molecular formula is C26H21N3O2S. The van der Waals surface area contributed by atoms with Crippen molar-refractivity contribution in [1.82, 2.24) is 5.43 Å². The van der Waals surface area contributed by atoms with Gasteiger partial charge in [-0.2, -0.15) is 5.10 Å². The summed E-state index contributed by atoms with van der Waals surface area (Å²) in [6, 6.07) is 26.3. The number of hydrogen-bond donors (Lipinski definition) is 1. The van der Waals surface area contributed by atoms with Crippen LogP contribution in [0.25, 0.3) is 11.1 Å². The van der Waals surface area contributed by atoms with E-state index in [1.54, 1.807) is 25.6 Å². The third-order valence-electron chi connectivity index (χ3n) is 5.30. The molecule has 0 bridgehead atoms. The number of fused-ring (bicyclic) bond motifs is 1. The van der Waals surface area contributed by atoms with Gasteiger partial charge >= 0.3 is 0 Å². The average molecular weight is 440 g/mol. The summed E-state index contributed by atoms with van der Waals surface area (Å²) in [6.07, 6.45) is 0. The Hall–Kier alpha value is -3.90. The summed E-state index contributed by atoms with van der Waals surface area (Å²) in [5.74, 6) is 2.34. The van der Waals surface area contributed by atoms with E-state index in [-0.39, 0.29) is 0 Å². The van der Waals surface area contributed by atoms with E-state index in [9.17, 15) is 0 Å². The summed E-state index contributed by atoms with van der Waals surface area (Å²) < 4.78 is 10.7. The van der Waals surface area contributed by atoms with E-state index in [1.807, 2.05) is 47.8 Å².